The van der Waals surface area contributed by atoms with Gasteiger partial charge in [0.25, 0.3) is 5.56 Å². The van der Waals surface area contributed by atoms with Crippen LogP contribution in [0.2, 0.25) is 0 Å². The summed E-state index contributed by atoms with van der Waals surface area (Å²) in [4.78, 5) is 24.5. The van der Waals surface area contributed by atoms with Gasteiger partial charge < -0.3 is 10.1 Å². The molecule has 31 heavy (non-hydrogen) atoms. The number of carbonyl (C=O) groups excluding carboxylic acids is 1. The molecule has 0 radical (unpaired) electrons. The summed E-state index contributed by atoms with van der Waals surface area (Å²) in [5.41, 5.74) is 2.36. The number of amides is 1. The third kappa shape index (κ3) is 5.17. The van der Waals surface area contributed by atoms with E-state index in [2.05, 4.69) is 10.4 Å². The molecule has 1 amide bonds. The van der Waals surface area contributed by atoms with E-state index in [-0.39, 0.29) is 18.0 Å². The molecule has 0 saturated heterocycles. The number of benzene rings is 3. The number of hydrogen-bond donors (Lipinski definition) is 1. The van der Waals surface area contributed by atoms with Crippen molar-refractivity contribution in [3.63, 3.8) is 0 Å². The van der Waals surface area contributed by atoms with Crippen molar-refractivity contribution >= 4 is 16.7 Å². The number of nitrogens with one attached hydrogen (secondary N) is 1. The van der Waals surface area contributed by atoms with E-state index in [1.54, 1.807) is 6.07 Å². The first-order valence-electron chi connectivity index (χ1n) is 10.1. The Balaban J connectivity index is 1.38. The van der Waals surface area contributed by atoms with E-state index in [1.807, 2.05) is 73.7 Å². The highest BCUT2D eigenvalue weighted by Gasteiger charge is 2.08. The molecule has 6 nitrogen and oxygen atoms in total. The molecule has 0 bridgehead atoms. The number of hydrogen-bond acceptors (Lipinski definition) is 4. The molecule has 3 aromatic carbocycles. The third-order valence-corrected chi connectivity index (χ3v) is 4.92. The Morgan fingerprint density at radius 1 is 0.968 bits per heavy atom. The Hall–Kier alpha value is -3.93. The van der Waals surface area contributed by atoms with Gasteiger partial charge in [0.1, 0.15) is 18.9 Å². The van der Waals surface area contributed by atoms with Crippen LogP contribution in [0.5, 0.6) is 5.75 Å². The van der Waals surface area contributed by atoms with Crippen molar-refractivity contribution in [3.05, 3.63) is 94.8 Å². The minimum Gasteiger partial charge on any atom is -0.492 e. The first kappa shape index (κ1) is 20.3. The lowest BCUT2D eigenvalue weighted by Gasteiger charge is -2.10. The zero-order chi connectivity index (χ0) is 21.6. The lowest BCUT2D eigenvalue weighted by Crippen LogP contribution is -2.35. The molecular weight excluding hydrogens is 390 g/mol. The largest absolute Gasteiger partial charge is 0.492 e. The fourth-order valence-electron chi connectivity index (χ4n) is 3.25. The predicted molar refractivity (Wildman–Crippen MR) is 121 cm³/mol. The molecule has 4 rings (SSSR count). The molecule has 0 saturated carbocycles. The summed E-state index contributed by atoms with van der Waals surface area (Å²) in [5, 5.41) is 9.37. The summed E-state index contributed by atoms with van der Waals surface area (Å²) < 4.78 is 6.78. The van der Waals surface area contributed by atoms with Crippen molar-refractivity contribution in [1.82, 2.24) is 15.1 Å². The van der Waals surface area contributed by atoms with Crippen LogP contribution < -0.4 is 15.6 Å². The van der Waals surface area contributed by atoms with Gasteiger partial charge in [0.05, 0.1) is 12.2 Å². The number of fused-ring (bicyclic) bond motifs is 1. The molecule has 1 aromatic heterocycles. The molecule has 1 heterocycles. The van der Waals surface area contributed by atoms with Crippen LogP contribution in [0.15, 0.2) is 83.7 Å². The van der Waals surface area contributed by atoms with E-state index in [1.165, 1.54) is 10.7 Å². The predicted octanol–water partition coefficient (Wildman–Crippen LogP) is 3.57. The van der Waals surface area contributed by atoms with Gasteiger partial charge in [0, 0.05) is 11.6 Å². The molecule has 0 aliphatic heterocycles. The molecule has 1 N–H and O–H groups in total. The molecule has 6 heteroatoms. The maximum absolute atomic E-state index is 12.3. The van der Waals surface area contributed by atoms with Crippen LogP contribution >= 0.6 is 0 Å². The number of rotatable bonds is 7. The molecule has 156 valence electrons. The van der Waals surface area contributed by atoms with Gasteiger partial charge in [-0.1, -0.05) is 54.1 Å². The quantitative estimate of drug-likeness (QED) is 0.470. The fraction of sp³-hybridized carbons (Fsp3) is 0.160. The van der Waals surface area contributed by atoms with Gasteiger partial charge in [-0.15, -0.1) is 0 Å². The van der Waals surface area contributed by atoms with Gasteiger partial charge in [0.2, 0.25) is 5.91 Å². The van der Waals surface area contributed by atoms with Gasteiger partial charge in [-0.05, 0) is 42.0 Å². The third-order valence-electron chi connectivity index (χ3n) is 4.92. The minimum absolute atomic E-state index is 0.148. The molecule has 4 aromatic rings. The van der Waals surface area contributed by atoms with E-state index >= 15 is 0 Å². The van der Waals surface area contributed by atoms with Crippen molar-refractivity contribution in [2.45, 2.75) is 13.5 Å². The first-order chi connectivity index (χ1) is 15.1. The van der Waals surface area contributed by atoms with Crippen LogP contribution in [0.3, 0.4) is 0 Å². The maximum Gasteiger partial charge on any atom is 0.267 e. The lowest BCUT2D eigenvalue weighted by molar-refractivity contribution is -0.122. The topological polar surface area (TPSA) is 73.2 Å². The Morgan fingerprint density at radius 3 is 2.55 bits per heavy atom. The smallest absolute Gasteiger partial charge is 0.267 e. The Morgan fingerprint density at radius 2 is 1.74 bits per heavy atom. The normalized spacial score (nSPS) is 10.7. The molecule has 0 spiro atoms. The van der Waals surface area contributed by atoms with Crippen LogP contribution in [-0.4, -0.2) is 28.8 Å². The van der Waals surface area contributed by atoms with Gasteiger partial charge in [-0.25, -0.2) is 4.68 Å². The molecular formula is C25H23N3O3. The lowest BCUT2D eigenvalue weighted by atomic mass is 10.1. The summed E-state index contributed by atoms with van der Waals surface area (Å²) in [5.74, 6) is 0.457. The fourth-order valence-corrected chi connectivity index (χ4v) is 3.25. The van der Waals surface area contributed by atoms with Crippen molar-refractivity contribution in [2.75, 3.05) is 13.2 Å². The maximum atomic E-state index is 12.3. The minimum atomic E-state index is -0.324. The molecule has 0 unspecified atom stereocenters. The van der Waals surface area contributed by atoms with Gasteiger partial charge in [-0.3, -0.25) is 9.59 Å². The van der Waals surface area contributed by atoms with E-state index in [4.69, 9.17) is 4.74 Å². The molecule has 0 fully saturated rings. The van der Waals surface area contributed by atoms with E-state index in [9.17, 15) is 9.59 Å². The second-order valence-corrected chi connectivity index (χ2v) is 7.29. The summed E-state index contributed by atoms with van der Waals surface area (Å²) in [7, 11) is 0. The number of aryl methyl sites for hydroxylation is 1. The average molecular weight is 413 g/mol. The molecule has 0 aliphatic rings. The van der Waals surface area contributed by atoms with Crippen LogP contribution in [0.25, 0.3) is 22.0 Å². The number of aromatic nitrogens is 2. The van der Waals surface area contributed by atoms with Crippen molar-refractivity contribution < 1.29 is 9.53 Å². The summed E-state index contributed by atoms with van der Waals surface area (Å²) in [6.45, 7) is 2.54. The van der Waals surface area contributed by atoms with Gasteiger partial charge >= 0.3 is 0 Å². The van der Waals surface area contributed by atoms with E-state index in [0.29, 0.717) is 18.8 Å². The summed E-state index contributed by atoms with van der Waals surface area (Å²) in [6.07, 6.45) is 0. The highest BCUT2D eigenvalue weighted by Crippen LogP contribution is 2.22. The van der Waals surface area contributed by atoms with Crippen LogP contribution in [0.1, 0.15) is 5.56 Å². The molecule has 0 atom stereocenters. The Labute approximate surface area is 180 Å². The average Bonchev–Trinajstić information content (AvgIpc) is 2.79. The second kappa shape index (κ2) is 9.26. The van der Waals surface area contributed by atoms with E-state index < -0.39 is 0 Å². The van der Waals surface area contributed by atoms with Crippen LogP contribution in [0.4, 0.5) is 0 Å². The summed E-state index contributed by atoms with van der Waals surface area (Å²) >= 11 is 0. The highest BCUT2D eigenvalue weighted by molar-refractivity contribution is 5.86. The second-order valence-electron chi connectivity index (χ2n) is 7.29. The summed E-state index contributed by atoms with van der Waals surface area (Å²) in [6, 6.07) is 24.9. The van der Waals surface area contributed by atoms with Gasteiger partial charge in [0.15, 0.2) is 0 Å². The molecule has 0 aliphatic carbocycles. The first-order valence-corrected chi connectivity index (χ1v) is 10.1. The van der Waals surface area contributed by atoms with Crippen LogP contribution in [-0.2, 0) is 11.3 Å². The number of carbonyl (C=O) groups is 1. The van der Waals surface area contributed by atoms with Crippen molar-refractivity contribution in [1.29, 1.82) is 0 Å². The van der Waals surface area contributed by atoms with Crippen molar-refractivity contribution in [2.24, 2.45) is 0 Å². The monoisotopic (exact) mass is 413 g/mol. The highest BCUT2D eigenvalue weighted by atomic mass is 16.5. The standard InChI is InChI=1S/C25H23N3O3/c1-18-6-10-22(11-7-18)31-15-14-26-24(29)17-28-25(30)13-12-23(27-28)21-9-8-19-4-2-3-5-20(19)16-21/h2-13,16H,14-15,17H2,1H3,(H,26,29). The van der Waals surface area contributed by atoms with E-state index in [0.717, 1.165) is 27.6 Å². The SMILES string of the molecule is Cc1ccc(OCCNC(=O)Cn2nc(-c3ccc4ccccc4c3)ccc2=O)cc1. The number of nitrogens with zero attached hydrogens (tertiary/aromatic N) is 2. The Bertz CT molecular complexity index is 1260. The Kier molecular flexibility index (Phi) is 6.08. The zero-order valence-electron chi connectivity index (χ0n) is 17.2. The zero-order valence-corrected chi connectivity index (χ0v) is 17.2. The van der Waals surface area contributed by atoms with Crippen LogP contribution in [0, 0.1) is 6.92 Å². The van der Waals surface area contributed by atoms with Gasteiger partial charge in [-0.2, -0.15) is 5.10 Å². The number of ether oxygens (including phenoxy) is 1. The van der Waals surface area contributed by atoms with Crippen molar-refractivity contribution in [3.8, 4) is 17.0 Å².